The van der Waals surface area contributed by atoms with Crippen LogP contribution in [0.2, 0.25) is 0 Å². The highest BCUT2D eigenvalue weighted by molar-refractivity contribution is 9.10. The smallest absolute Gasteiger partial charge is 0.200 e. The zero-order chi connectivity index (χ0) is 12.8. The quantitative estimate of drug-likeness (QED) is 0.932. The van der Waals surface area contributed by atoms with Gasteiger partial charge in [-0.3, -0.25) is 0 Å². The minimum absolute atomic E-state index is 0.285. The van der Waals surface area contributed by atoms with Gasteiger partial charge in [-0.25, -0.2) is 4.39 Å². The van der Waals surface area contributed by atoms with E-state index in [2.05, 4.69) is 15.9 Å². The van der Waals surface area contributed by atoms with Crippen LogP contribution in [-0.2, 0) is 15.3 Å². The van der Waals surface area contributed by atoms with Gasteiger partial charge in [0.2, 0.25) is 5.79 Å². The van der Waals surface area contributed by atoms with Crippen LogP contribution in [0.1, 0.15) is 24.8 Å². The molecule has 98 valence electrons. The number of hydrogen-bond acceptors (Lipinski definition) is 3. The molecule has 2 fully saturated rings. The van der Waals surface area contributed by atoms with Gasteiger partial charge < -0.3 is 14.6 Å². The Bertz CT molecular complexity index is 467. The molecule has 1 N–H and O–H groups in total. The van der Waals surface area contributed by atoms with E-state index in [1.54, 1.807) is 12.1 Å². The van der Waals surface area contributed by atoms with Crippen molar-refractivity contribution in [2.45, 2.75) is 30.7 Å². The van der Waals surface area contributed by atoms with E-state index in [-0.39, 0.29) is 12.2 Å². The summed E-state index contributed by atoms with van der Waals surface area (Å²) in [6, 6.07) is 4.67. The van der Waals surface area contributed by atoms with Crippen molar-refractivity contribution in [2.24, 2.45) is 0 Å². The summed E-state index contributed by atoms with van der Waals surface area (Å²) in [5, 5.41) is 10.1. The predicted octanol–water partition coefficient (Wildman–Crippen LogP) is 2.70. The third-order valence-electron chi connectivity index (χ3n) is 3.48. The van der Waals surface area contributed by atoms with Crippen LogP contribution in [0.25, 0.3) is 0 Å². The number of ether oxygens (including phenoxy) is 2. The minimum Gasteiger partial charge on any atom is -0.390 e. The van der Waals surface area contributed by atoms with E-state index in [0.29, 0.717) is 18.8 Å². The Morgan fingerprint density at radius 2 is 1.94 bits per heavy atom. The fourth-order valence-electron chi connectivity index (χ4n) is 2.35. The normalized spacial score (nSPS) is 24.2. The number of halogens is 2. The van der Waals surface area contributed by atoms with Gasteiger partial charge in [0.1, 0.15) is 5.82 Å². The van der Waals surface area contributed by atoms with Crippen LogP contribution >= 0.6 is 15.9 Å². The van der Waals surface area contributed by atoms with Crippen LogP contribution in [0.15, 0.2) is 22.7 Å². The first-order valence-corrected chi connectivity index (χ1v) is 6.78. The third kappa shape index (κ3) is 2.20. The standard InChI is InChI=1S/C13H14BrFO3/c14-9-1-2-11(15)10(7-9)13(17-5-6-18-13)8-12(16)3-4-12/h1-2,7,16H,3-6,8H2. The lowest BCUT2D eigenvalue weighted by atomic mass is 9.97. The molecule has 0 bridgehead atoms. The Kier molecular flexibility index (Phi) is 2.97. The molecule has 1 aliphatic heterocycles. The molecule has 0 amide bonds. The highest BCUT2D eigenvalue weighted by Crippen LogP contribution is 2.49. The van der Waals surface area contributed by atoms with Crippen molar-refractivity contribution >= 4 is 15.9 Å². The molecule has 0 unspecified atom stereocenters. The highest BCUT2D eigenvalue weighted by atomic mass is 79.9. The fraction of sp³-hybridized carbons (Fsp3) is 0.538. The maximum absolute atomic E-state index is 14.0. The highest BCUT2D eigenvalue weighted by Gasteiger charge is 2.52. The molecule has 0 spiro atoms. The summed E-state index contributed by atoms with van der Waals surface area (Å²) in [5.74, 6) is -1.51. The van der Waals surface area contributed by atoms with Crippen LogP contribution in [0, 0.1) is 5.82 Å². The van der Waals surface area contributed by atoms with Crippen LogP contribution in [0.3, 0.4) is 0 Å². The van der Waals surface area contributed by atoms with Gasteiger partial charge >= 0.3 is 0 Å². The van der Waals surface area contributed by atoms with E-state index >= 15 is 0 Å². The number of aliphatic hydroxyl groups is 1. The molecule has 5 heteroatoms. The molecule has 0 radical (unpaired) electrons. The summed E-state index contributed by atoms with van der Waals surface area (Å²) in [5.41, 5.74) is -0.409. The summed E-state index contributed by atoms with van der Waals surface area (Å²) in [7, 11) is 0. The average molecular weight is 317 g/mol. The monoisotopic (exact) mass is 316 g/mol. The Balaban J connectivity index is 2.00. The summed E-state index contributed by atoms with van der Waals surface area (Å²) >= 11 is 3.32. The van der Waals surface area contributed by atoms with Crippen molar-refractivity contribution in [2.75, 3.05) is 13.2 Å². The summed E-state index contributed by atoms with van der Waals surface area (Å²) < 4.78 is 26.0. The van der Waals surface area contributed by atoms with Crippen molar-refractivity contribution in [1.82, 2.24) is 0 Å². The lowest BCUT2D eigenvalue weighted by Gasteiger charge is -2.30. The van der Waals surface area contributed by atoms with E-state index in [1.807, 2.05) is 0 Å². The molecule has 2 aliphatic rings. The first-order chi connectivity index (χ1) is 8.53. The fourth-order valence-corrected chi connectivity index (χ4v) is 2.71. The van der Waals surface area contributed by atoms with E-state index in [4.69, 9.17) is 9.47 Å². The molecule has 1 aromatic rings. The maximum Gasteiger partial charge on any atom is 0.200 e. The van der Waals surface area contributed by atoms with Crippen molar-refractivity contribution in [3.63, 3.8) is 0 Å². The Morgan fingerprint density at radius 1 is 1.28 bits per heavy atom. The molecular weight excluding hydrogens is 303 g/mol. The van der Waals surface area contributed by atoms with Crippen molar-refractivity contribution in [1.29, 1.82) is 0 Å². The van der Waals surface area contributed by atoms with Crippen LogP contribution in [0.5, 0.6) is 0 Å². The lowest BCUT2D eigenvalue weighted by molar-refractivity contribution is -0.191. The predicted molar refractivity (Wildman–Crippen MR) is 66.5 cm³/mol. The first-order valence-electron chi connectivity index (χ1n) is 5.99. The number of rotatable bonds is 3. The zero-order valence-corrected chi connectivity index (χ0v) is 11.4. The molecule has 3 nitrogen and oxygen atoms in total. The molecule has 1 saturated heterocycles. The first kappa shape index (κ1) is 12.5. The molecular formula is C13H14BrFO3. The number of benzene rings is 1. The molecule has 1 heterocycles. The second kappa shape index (κ2) is 4.27. The largest absolute Gasteiger partial charge is 0.390 e. The molecule has 18 heavy (non-hydrogen) atoms. The maximum atomic E-state index is 14.0. The van der Waals surface area contributed by atoms with Gasteiger partial charge in [0, 0.05) is 16.5 Å². The van der Waals surface area contributed by atoms with Crippen LogP contribution in [-0.4, -0.2) is 23.9 Å². The molecule has 1 aromatic carbocycles. The Morgan fingerprint density at radius 3 is 2.56 bits per heavy atom. The van der Waals surface area contributed by atoms with Crippen molar-refractivity contribution < 1.29 is 19.0 Å². The van der Waals surface area contributed by atoms with Gasteiger partial charge in [0.15, 0.2) is 0 Å². The second-order valence-electron chi connectivity index (χ2n) is 4.98. The molecule has 1 aliphatic carbocycles. The lowest BCUT2D eigenvalue weighted by Crippen LogP contribution is -2.34. The summed E-state index contributed by atoms with van der Waals surface area (Å²) in [6.07, 6.45) is 1.72. The molecule has 3 rings (SSSR count). The van der Waals surface area contributed by atoms with Gasteiger partial charge in [-0.05, 0) is 31.0 Å². The van der Waals surface area contributed by atoms with E-state index in [0.717, 1.165) is 17.3 Å². The van der Waals surface area contributed by atoms with E-state index in [9.17, 15) is 9.50 Å². The summed E-state index contributed by atoms with van der Waals surface area (Å²) in [4.78, 5) is 0. The van der Waals surface area contributed by atoms with Gasteiger partial charge in [0.05, 0.1) is 18.8 Å². The molecule has 0 atom stereocenters. The van der Waals surface area contributed by atoms with Gasteiger partial charge in [-0.15, -0.1) is 0 Å². The van der Waals surface area contributed by atoms with Crippen molar-refractivity contribution in [3.8, 4) is 0 Å². The van der Waals surface area contributed by atoms with E-state index < -0.39 is 11.4 Å². The van der Waals surface area contributed by atoms with Gasteiger partial charge in [-0.1, -0.05) is 15.9 Å². The Labute approximate surface area is 113 Å². The minimum atomic E-state index is -1.14. The zero-order valence-electron chi connectivity index (χ0n) is 9.79. The molecule has 0 aromatic heterocycles. The van der Waals surface area contributed by atoms with Gasteiger partial charge in [0.25, 0.3) is 0 Å². The van der Waals surface area contributed by atoms with Crippen LogP contribution in [0.4, 0.5) is 4.39 Å². The number of hydrogen-bond donors (Lipinski definition) is 1. The van der Waals surface area contributed by atoms with Crippen LogP contribution < -0.4 is 0 Å². The topological polar surface area (TPSA) is 38.7 Å². The summed E-state index contributed by atoms with van der Waals surface area (Å²) in [6.45, 7) is 0.837. The van der Waals surface area contributed by atoms with Crippen molar-refractivity contribution in [3.05, 3.63) is 34.1 Å². The second-order valence-corrected chi connectivity index (χ2v) is 5.89. The average Bonchev–Trinajstić information content (AvgIpc) is 2.87. The third-order valence-corrected chi connectivity index (χ3v) is 3.97. The van der Waals surface area contributed by atoms with E-state index in [1.165, 1.54) is 6.07 Å². The Hall–Kier alpha value is -0.490. The molecule has 1 saturated carbocycles. The SMILES string of the molecule is OC1(CC2(c3cc(Br)ccc3F)OCCO2)CC1. The van der Waals surface area contributed by atoms with Gasteiger partial charge in [-0.2, -0.15) is 0 Å².